The van der Waals surface area contributed by atoms with E-state index in [0.29, 0.717) is 23.1 Å². The predicted molar refractivity (Wildman–Crippen MR) is 110 cm³/mol. The van der Waals surface area contributed by atoms with Gasteiger partial charge >= 0.3 is 0 Å². The van der Waals surface area contributed by atoms with Crippen molar-refractivity contribution in [3.63, 3.8) is 0 Å². The van der Waals surface area contributed by atoms with Crippen LogP contribution in [0.15, 0.2) is 54.9 Å². The van der Waals surface area contributed by atoms with Gasteiger partial charge in [0.25, 0.3) is 0 Å². The zero-order valence-corrected chi connectivity index (χ0v) is 16.4. The van der Waals surface area contributed by atoms with E-state index in [2.05, 4.69) is 39.7 Å². The number of methoxy groups -OCH3 is 3. The van der Waals surface area contributed by atoms with Gasteiger partial charge in [-0.1, -0.05) is 30.3 Å². The summed E-state index contributed by atoms with van der Waals surface area (Å²) in [5, 5.41) is 6.64. The quantitative estimate of drug-likeness (QED) is 0.599. The lowest BCUT2D eigenvalue weighted by molar-refractivity contribution is 0.324. The molecule has 0 spiro atoms. The second-order valence-corrected chi connectivity index (χ2v) is 6.10. The van der Waals surface area contributed by atoms with Crippen molar-refractivity contribution in [1.29, 1.82) is 0 Å². The summed E-state index contributed by atoms with van der Waals surface area (Å²) in [6, 6.07) is 15.8. The van der Waals surface area contributed by atoms with Crippen LogP contribution in [0.25, 0.3) is 0 Å². The number of hydrogen-bond acceptors (Lipinski definition) is 7. The largest absolute Gasteiger partial charge is 0.493 e. The Hall–Kier alpha value is -3.48. The minimum atomic E-state index is 0.116. The van der Waals surface area contributed by atoms with E-state index < -0.39 is 0 Å². The van der Waals surface area contributed by atoms with Crippen LogP contribution in [0.3, 0.4) is 0 Å². The summed E-state index contributed by atoms with van der Waals surface area (Å²) >= 11 is 0. The zero-order valence-electron chi connectivity index (χ0n) is 16.4. The second kappa shape index (κ2) is 8.94. The normalized spacial score (nSPS) is 11.4. The predicted octanol–water partition coefficient (Wildman–Crippen LogP) is 4.42. The molecule has 28 heavy (non-hydrogen) atoms. The first-order valence-electron chi connectivity index (χ1n) is 8.85. The van der Waals surface area contributed by atoms with E-state index >= 15 is 0 Å². The van der Waals surface area contributed by atoms with E-state index in [0.717, 1.165) is 11.5 Å². The summed E-state index contributed by atoms with van der Waals surface area (Å²) in [5.41, 5.74) is 1.94. The zero-order chi connectivity index (χ0) is 19.9. The third-order valence-electron chi connectivity index (χ3n) is 4.27. The van der Waals surface area contributed by atoms with E-state index in [1.54, 1.807) is 21.3 Å². The summed E-state index contributed by atoms with van der Waals surface area (Å²) in [6.45, 7) is 2.09. The molecule has 0 aliphatic rings. The van der Waals surface area contributed by atoms with Gasteiger partial charge in [-0.05, 0) is 12.5 Å². The topological polar surface area (TPSA) is 77.5 Å². The summed E-state index contributed by atoms with van der Waals surface area (Å²) < 4.78 is 16.1. The van der Waals surface area contributed by atoms with E-state index in [-0.39, 0.29) is 6.04 Å². The highest BCUT2D eigenvalue weighted by atomic mass is 16.5. The third kappa shape index (κ3) is 4.43. The molecule has 0 fully saturated rings. The highest BCUT2D eigenvalue weighted by Gasteiger charge is 2.14. The summed E-state index contributed by atoms with van der Waals surface area (Å²) in [7, 11) is 4.74. The molecule has 0 radical (unpaired) electrons. The molecule has 1 atom stereocenters. The third-order valence-corrected chi connectivity index (χ3v) is 4.27. The molecule has 7 nitrogen and oxygen atoms in total. The van der Waals surface area contributed by atoms with Gasteiger partial charge in [-0.15, -0.1) is 0 Å². The van der Waals surface area contributed by atoms with Crippen LogP contribution in [0.4, 0.5) is 17.3 Å². The minimum Gasteiger partial charge on any atom is -0.493 e. The smallest absolute Gasteiger partial charge is 0.203 e. The number of hydrogen-bond donors (Lipinski definition) is 2. The van der Waals surface area contributed by atoms with Crippen molar-refractivity contribution >= 4 is 17.3 Å². The summed E-state index contributed by atoms with van der Waals surface area (Å²) in [4.78, 5) is 8.60. The van der Waals surface area contributed by atoms with E-state index in [4.69, 9.17) is 14.2 Å². The van der Waals surface area contributed by atoms with Crippen LogP contribution in [-0.2, 0) is 0 Å². The van der Waals surface area contributed by atoms with Gasteiger partial charge in [-0.2, -0.15) is 0 Å². The van der Waals surface area contributed by atoms with Gasteiger partial charge in [0, 0.05) is 29.9 Å². The summed E-state index contributed by atoms with van der Waals surface area (Å²) in [5.74, 6) is 3.04. The maximum atomic E-state index is 5.39. The molecule has 0 bridgehead atoms. The SMILES string of the molecule is COc1cc(Nc2cc(NC(C)c3ccccc3)ncn2)cc(OC)c1OC. The molecule has 7 heteroatoms. The molecule has 0 saturated heterocycles. The van der Waals surface area contributed by atoms with Crippen LogP contribution >= 0.6 is 0 Å². The maximum Gasteiger partial charge on any atom is 0.203 e. The Balaban J connectivity index is 1.79. The Morgan fingerprint density at radius 3 is 2.07 bits per heavy atom. The Morgan fingerprint density at radius 2 is 1.46 bits per heavy atom. The number of rotatable bonds is 8. The number of benzene rings is 2. The van der Waals surface area contributed by atoms with E-state index in [9.17, 15) is 0 Å². The molecule has 3 aromatic rings. The minimum absolute atomic E-state index is 0.116. The molecule has 146 valence electrons. The maximum absolute atomic E-state index is 5.39. The molecule has 0 amide bonds. The fourth-order valence-corrected chi connectivity index (χ4v) is 2.85. The molecule has 1 aromatic heterocycles. The number of anilines is 3. The van der Waals surface area contributed by atoms with Gasteiger partial charge in [0.15, 0.2) is 11.5 Å². The fourth-order valence-electron chi connectivity index (χ4n) is 2.85. The van der Waals surface area contributed by atoms with Crippen molar-refractivity contribution in [1.82, 2.24) is 9.97 Å². The average Bonchev–Trinajstić information content (AvgIpc) is 2.73. The molecular formula is C21H24N4O3. The van der Waals surface area contributed by atoms with Crippen molar-refractivity contribution in [2.24, 2.45) is 0 Å². The number of nitrogens with one attached hydrogen (secondary N) is 2. The van der Waals surface area contributed by atoms with E-state index in [1.165, 1.54) is 11.9 Å². The van der Waals surface area contributed by atoms with Crippen LogP contribution in [0.1, 0.15) is 18.5 Å². The Morgan fingerprint density at radius 1 is 0.821 bits per heavy atom. The van der Waals surface area contributed by atoms with Gasteiger partial charge in [-0.3, -0.25) is 0 Å². The molecule has 2 aromatic carbocycles. The van der Waals surface area contributed by atoms with Crippen molar-refractivity contribution < 1.29 is 14.2 Å². The van der Waals surface area contributed by atoms with Gasteiger partial charge < -0.3 is 24.8 Å². The van der Waals surface area contributed by atoms with Crippen LogP contribution in [0.5, 0.6) is 17.2 Å². The van der Waals surface area contributed by atoms with Gasteiger partial charge in [-0.25, -0.2) is 9.97 Å². The first-order valence-corrected chi connectivity index (χ1v) is 8.85. The van der Waals surface area contributed by atoms with E-state index in [1.807, 2.05) is 36.4 Å². The first kappa shape index (κ1) is 19.3. The van der Waals surface area contributed by atoms with Crippen LogP contribution < -0.4 is 24.8 Å². The fraction of sp³-hybridized carbons (Fsp3) is 0.238. The molecule has 0 aliphatic carbocycles. The molecular weight excluding hydrogens is 356 g/mol. The first-order chi connectivity index (χ1) is 13.6. The van der Waals surface area contributed by atoms with Gasteiger partial charge in [0.2, 0.25) is 5.75 Å². The Kier molecular flexibility index (Phi) is 6.16. The molecule has 0 aliphatic heterocycles. The number of aromatic nitrogens is 2. The molecule has 1 heterocycles. The average molecular weight is 380 g/mol. The summed E-state index contributed by atoms with van der Waals surface area (Å²) in [6.07, 6.45) is 1.51. The molecule has 0 saturated carbocycles. The molecule has 1 unspecified atom stereocenters. The lowest BCUT2D eigenvalue weighted by atomic mass is 10.1. The van der Waals surface area contributed by atoms with Crippen LogP contribution in [-0.4, -0.2) is 31.3 Å². The van der Waals surface area contributed by atoms with Crippen LogP contribution in [0.2, 0.25) is 0 Å². The number of ether oxygens (including phenoxy) is 3. The van der Waals surface area contributed by atoms with Gasteiger partial charge in [0.1, 0.15) is 18.0 Å². The number of nitrogens with zero attached hydrogens (tertiary/aromatic N) is 2. The Bertz CT molecular complexity index is 894. The monoisotopic (exact) mass is 380 g/mol. The Labute approximate surface area is 164 Å². The van der Waals surface area contributed by atoms with Gasteiger partial charge in [0.05, 0.1) is 21.3 Å². The lowest BCUT2D eigenvalue weighted by Gasteiger charge is -2.16. The lowest BCUT2D eigenvalue weighted by Crippen LogP contribution is -2.08. The molecule has 2 N–H and O–H groups in total. The van der Waals surface area contributed by atoms with Crippen molar-refractivity contribution in [3.8, 4) is 17.2 Å². The van der Waals surface area contributed by atoms with Crippen molar-refractivity contribution in [3.05, 3.63) is 60.4 Å². The van der Waals surface area contributed by atoms with Crippen LogP contribution in [0, 0.1) is 0 Å². The van der Waals surface area contributed by atoms with Crippen molar-refractivity contribution in [2.45, 2.75) is 13.0 Å². The highest BCUT2D eigenvalue weighted by molar-refractivity contribution is 5.67. The standard InChI is InChI=1S/C21H24N4O3/c1-14(15-8-6-5-7-9-15)24-19-12-20(23-13-22-19)25-16-10-17(26-2)21(28-4)18(11-16)27-3/h5-14H,1-4H3,(H2,22,23,24,25). The highest BCUT2D eigenvalue weighted by Crippen LogP contribution is 2.40. The molecule has 3 rings (SSSR count). The second-order valence-electron chi connectivity index (χ2n) is 6.10. The van der Waals surface area contributed by atoms with Crippen molar-refractivity contribution in [2.75, 3.05) is 32.0 Å².